The topological polar surface area (TPSA) is 29.9 Å². The van der Waals surface area contributed by atoms with E-state index in [9.17, 15) is 0 Å². The van der Waals surface area contributed by atoms with Gasteiger partial charge in [0.1, 0.15) is 5.82 Å². The van der Waals surface area contributed by atoms with E-state index >= 15 is 0 Å². The van der Waals surface area contributed by atoms with Crippen LogP contribution < -0.4 is 5.32 Å². The Morgan fingerprint density at radius 3 is 2.84 bits per heavy atom. The fraction of sp³-hybridized carbons (Fsp3) is 0.400. The summed E-state index contributed by atoms with van der Waals surface area (Å²) in [6.07, 6.45) is 6.00. The molecule has 0 amide bonds. The SMILES string of the molecule is CCCc1nccn1-c1ccc(CNCC)c(Br)c1. The first-order valence-corrected chi connectivity index (χ1v) is 7.57. The van der Waals surface area contributed by atoms with Crippen molar-refractivity contribution in [3.05, 3.63) is 46.5 Å². The van der Waals surface area contributed by atoms with Gasteiger partial charge in [0, 0.05) is 35.5 Å². The van der Waals surface area contributed by atoms with Gasteiger partial charge in [-0.1, -0.05) is 35.8 Å². The van der Waals surface area contributed by atoms with Crippen molar-refractivity contribution in [2.45, 2.75) is 33.2 Å². The zero-order valence-corrected chi connectivity index (χ0v) is 13.1. The number of nitrogens with one attached hydrogen (secondary N) is 1. The van der Waals surface area contributed by atoms with Crippen molar-refractivity contribution in [3.63, 3.8) is 0 Å². The Morgan fingerprint density at radius 1 is 1.32 bits per heavy atom. The summed E-state index contributed by atoms with van der Waals surface area (Å²) < 4.78 is 3.30. The van der Waals surface area contributed by atoms with Crippen LogP contribution in [0.3, 0.4) is 0 Å². The number of nitrogens with zero attached hydrogens (tertiary/aromatic N) is 2. The highest BCUT2D eigenvalue weighted by Gasteiger charge is 2.06. The predicted molar refractivity (Wildman–Crippen MR) is 82.6 cm³/mol. The van der Waals surface area contributed by atoms with Crippen LogP contribution in [0.15, 0.2) is 35.1 Å². The number of rotatable bonds is 6. The maximum absolute atomic E-state index is 4.42. The fourth-order valence-electron chi connectivity index (χ4n) is 2.07. The third-order valence-electron chi connectivity index (χ3n) is 3.07. The third-order valence-corrected chi connectivity index (χ3v) is 3.81. The maximum Gasteiger partial charge on any atom is 0.113 e. The molecular formula is C15H20BrN3. The molecule has 2 aromatic rings. The van der Waals surface area contributed by atoms with E-state index in [0.29, 0.717) is 0 Å². The quantitative estimate of drug-likeness (QED) is 0.879. The lowest BCUT2D eigenvalue weighted by atomic mass is 10.2. The van der Waals surface area contributed by atoms with E-state index in [0.717, 1.165) is 41.9 Å². The molecule has 0 saturated carbocycles. The van der Waals surface area contributed by atoms with Crippen molar-refractivity contribution in [3.8, 4) is 5.69 Å². The Kier molecular flexibility index (Phi) is 5.16. The summed E-state index contributed by atoms with van der Waals surface area (Å²) in [6, 6.07) is 6.48. The van der Waals surface area contributed by atoms with Crippen molar-refractivity contribution in [2.75, 3.05) is 6.54 Å². The van der Waals surface area contributed by atoms with Gasteiger partial charge in [0.15, 0.2) is 0 Å². The molecule has 3 nitrogen and oxygen atoms in total. The minimum absolute atomic E-state index is 0.892. The number of imidazole rings is 1. The lowest BCUT2D eigenvalue weighted by Gasteiger charge is -2.11. The number of benzene rings is 1. The van der Waals surface area contributed by atoms with Crippen molar-refractivity contribution < 1.29 is 0 Å². The van der Waals surface area contributed by atoms with E-state index < -0.39 is 0 Å². The first-order chi connectivity index (χ1) is 9.26. The van der Waals surface area contributed by atoms with Crippen LogP contribution in [-0.2, 0) is 13.0 Å². The first-order valence-electron chi connectivity index (χ1n) is 6.78. The Labute approximate surface area is 123 Å². The maximum atomic E-state index is 4.42. The van der Waals surface area contributed by atoms with Crippen LogP contribution in [0.2, 0.25) is 0 Å². The standard InChI is InChI=1S/C15H20BrN3/c1-3-5-15-18-8-9-19(15)13-7-6-12(11-17-4-2)14(16)10-13/h6-10,17H,3-5,11H2,1-2H3. The van der Waals surface area contributed by atoms with Crippen LogP contribution >= 0.6 is 15.9 Å². The van der Waals surface area contributed by atoms with E-state index in [1.54, 1.807) is 0 Å². The van der Waals surface area contributed by atoms with Crippen LogP contribution in [0.1, 0.15) is 31.7 Å². The van der Waals surface area contributed by atoms with Crippen molar-refractivity contribution >= 4 is 15.9 Å². The van der Waals surface area contributed by atoms with Crippen molar-refractivity contribution in [1.29, 1.82) is 0 Å². The minimum Gasteiger partial charge on any atom is -0.313 e. The highest BCUT2D eigenvalue weighted by Crippen LogP contribution is 2.22. The first kappa shape index (κ1) is 14.3. The van der Waals surface area contributed by atoms with E-state index in [1.165, 1.54) is 5.56 Å². The second-order valence-corrected chi connectivity index (χ2v) is 5.37. The second-order valence-electron chi connectivity index (χ2n) is 4.52. The number of hydrogen-bond acceptors (Lipinski definition) is 2. The predicted octanol–water partition coefficient (Wildman–Crippen LogP) is 3.70. The molecule has 4 heteroatoms. The molecule has 1 aromatic carbocycles. The van der Waals surface area contributed by atoms with Crippen LogP contribution in [0.25, 0.3) is 5.69 Å². The molecule has 0 radical (unpaired) electrons. The molecule has 0 aliphatic rings. The largest absolute Gasteiger partial charge is 0.313 e. The van der Waals surface area contributed by atoms with Gasteiger partial charge in [-0.15, -0.1) is 0 Å². The molecule has 2 rings (SSSR count). The summed E-state index contributed by atoms with van der Waals surface area (Å²) in [7, 11) is 0. The van der Waals surface area contributed by atoms with Crippen molar-refractivity contribution in [2.24, 2.45) is 0 Å². The van der Waals surface area contributed by atoms with Crippen LogP contribution in [0, 0.1) is 0 Å². The molecule has 0 unspecified atom stereocenters. The van der Waals surface area contributed by atoms with Crippen LogP contribution in [0.5, 0.6) is 0 Å². The smallest absolute Gasteiger partial charge is 0.113 e. The lowest BCUT2D eigenvalue weighted by Crippen LogP contribution is -2.12. The summed E-state index contributed by atoms with van der Waals surface area (Å²) >= 11 is 3.65. The molecule has 1 heterocycles. The number of aryl methyl sites for hydroxylation is 1. The van der Waals surface area contributed by atoms with Gasteiger partial charge in [-0.05, 0) is 30.7 Å². The average molecular weight is 322 g/mol. The molecular weight excluding hydrogens is 302 g/mol. The molecule has 19 heavy (non-hydrogen) atoms. The van der Waals surface area contributed by atoms with Gasteiger partial charge >= 0.3 is 0 Å². The average Bonchev–Trinajstić information content (AvgIpc) is 2.86. The zero-order valence-electron chi connectivity index (χ0n) is 11.5. The van der Waals surface area contributed by atoms with Crippen molar-refractivity contribution in [1.82, 2.24) is 14.9 Å². The molecule has 0 bridgehead atoms. The number of halogens is 1. The molecule has 0 spiro atoms. The van der Waals surface area contributed by atoms with Crippen LogP contribution in [0.4, 0.5) is 0 Å². The summed E-state index contributed by atoms with van der Waals surface area (Å²) in [6.45, 7) is 6.17. The summed E-state index contributed by atoms with van der Waals surface area (Å²) in [5.74, 6) is 1.12. The van der Waals surface area contributed by atoms with Crippen LogP contribution in [-0.4, -0.2) is 16.1 Å². The lowest BCUT2D eigenvalue weighted by molar-refractivity contribution is 0.724. The minimum atomic E-state index is 0.892. The third kappa shape index (κ3) is 3.45. The van der Waals surface area contributed by atoms with Gasteiger partial charge in [-0.3, -0.25) is 0 Å². The van der Waals surface area contributed by atoms with Gasteiger partial charge in [0.25, 0.3) is 0 Å². The molecule has 0 saturated heterocycles. The molecule has 1 N–H and O–H groups in total. The molecule has 0 fully saturated rings. The Morgan fingerprint density at radius 2 is 2.16 bits per heavy atom. The van der Waals surface area contributed by atoms with Gasteiger partial charge < -0.3 is 9.88 Å². The highest BCUT2D eigenvalue weighted by atomic mass is 79.9. The molecule has 1 aromatic heterocycles. The second kappa shape index (κ2) is 6.87. The molecule has 0 aliphatic carbocycles. The summed E-state index contributed by atoms with van der Waals surface area (Å²) in [5.41, 5.74) is 2.44. The van der Waals surface area contributed by atoms with E-state index in [-0.39, 0.29) is 0 Å². The summed E-state index contributed by atoms with van der Waals surface area (Å²) in [5, 5.41) is 3.34. The number of hydrogen-bond donors (Lipinski definition) is 1. The Balaban J connectivity index is 2.25. The summed E-state index contributed by atoms with van der Waals surface area (Å²) in [4.78, 5) is 4.42. The Hall–Kier alpha value is -1.13. The molecule has 102 valence electrons. The highest BCUT2D eigenvalue weighted by molar-refractivity contribution is 9.10. The Bertz CT molecular complexity index is 534. The molecule has 0 atom stereocenters. The van der Waals surface area contributed by atoms with Gasteiger partial charge in [-0.25, -0.2) is 4.98 Å². The van der Waals surface area contributed by atoms with E-state index in [4.69, 9.17) is 0 Å². The number of aromatic nitrogens is 2. The normalized spacial score (nSPS) is 10.9. The molecule has 0 aliphatic heterocycles. The monoisotopic (exact) mass is 321 g/mol. The van der Waals surface area contributed by atoms with Gasteiger partial charge in [-0.2, -0.15) is 0 Å². The van der Waals surface area contributed by atoms with E-state index in [1.807, 2.05) is 12.4 Å². The van der Waals surface area contributed by atoms with Gasteiger partial charge in [0.05, 0.1) is 0 Å². The zero-order chi connectivity index (χ0) is 13.7. The van der Waals surface area contributed by atoms with E-state index in [2.05, 4.69) is 62.8 Å². The fourth-order valence-corrected chi connectivity index (χ4v) is 2.57. The van der Waals surface area contributed by atoms with Gasteiger partial charge in [0.2, 0.25) is 0 Å².